The lowest BCUT2D eigenvalue weighted by Crippen LogP contribution is -2.13. The highest BCUT2D eigenvalue weighted by atomic mass is 19.1. The number of aromatic nitrogens is 2. The first-order valence-corrected chi connectivity index (χ1v) is 6.29. The SMILES string of the molecule is Cc1ccccc1-c1cc(=O)n(-c2ccc(F)cc2)[nH]1. The highest BCUT2D eigenvalue weighted by Crippen LogP contribution is 2.20. The molecule has 1 aromatic heterocycles. The number of nitrogens with zero attached hydrogens (tertiary/aromatic N) is 1. The average molecular weight is 268 g/mol. The van der Waals surface area contributed by atoms with Crippen molar-refractivity contribution in [1.82, 2.24) is 9.78 Å². The fourth-order valence-corrected chi connectivity index (χ4v) is 2.19. The maximum Gasteiger partial charge on any atom is 0.271 e. The van der Waals surface area contributed by atoms with Crippen LogP contribution in [-0.4, -0.2) is 9.78 Å². The Balaban J connectivity index is 2.10. The quantitative estimate of drug-likeness (QED) is 0.761. The summed E-state index contributed by atoms with van der Waals surface area (Å²) in [5.41, 5.74) is 3.24. The molecule has 2 aromatic carbocycles. The van der Waals surface area contributed by atoms with Crippen LogP contribution in [0.25, 0.3) is 16.9 Å². The van der Waals surface area contributed by atoms with Crippen LogP contribution in [0, 0.1) is 12.7 Å². The summed E-state index contributed by atoms with van der Waals surface area (Å²) in [7, 11) is 0. The van der Waals surface area contributed by atoms with Gasteiger partial charge in [-0.25, -0.2) is 9.07 Å². The van der Waals surface area contributed by atoms with Gasteiger partial charge in [0.2, 0.25) is 0 Å². The Kier molecular flexibility index (Phi) is 2.99. The molecule has 0 saturated carbocycles. The van der Waals surface area contributed by atoms with Gasteiger partial charge in [-0.2, -0.15) is 0 Å². The molecule has 0 aliphatic heterocycles. The molecule has 0 unspecified atom stereocenters. The van der Waals surface area contributed by atoms with Gasteiger partial charge in [0.15, 0.2) is 0 Å². The van der Waals surface area contributed by atoms with Crippen LogP contribution in [0.5, 0.6) is 0 Å². The minimum Gasteiger partial charge on any atom is -0.290 e. The third-order valence-electron chi connectivity index (χ3n) is 3.24. The molecule has 0 radical (unpaired) electrons. The van der Waals surface area contributed by atoms with Gasteiger partial charge in [-0.3, -0.25) is 9.89 Å². The topological polar surface area (TPSA) is 37.8 Å². The van der Waals surface area contributed by atoms with Crippen LogP contribution < -0.4 is 5.56 Å². The minimum absolute atomic E-state index is 0.171. The van der Waals surface area contributed by atoms with Crippen LogP contribution in [-0.2, 0) is 0 Å². The second-order valence-corrected chi connectivity index (χ2v) is 4.63. The zero-order chi connectivity index (χ0) is 14.1. The van der Waals surface area contributed by atoms with Crippen LogP contribution in [0.2, 0.25) is 0 Å². The molecule has 0 saturated heterocycles. The molecule has 1 N–H and O–H groups in total. The first-order chi connectivity index (χ1) is 9.65. The van der Waals surface area contributed by atoms with E-state index in [1.807, 2.05) is 31.2 Å². The van der Waals surface area contributed by atoms with Gasteiger partial charge in [0.25, 0.3) is 5.56 Å². The largest absolute Gasteiger partial charge is 0.290 e. The summed E-state index contributed by atoms with van der Waals surface area (Å²) in [6, 6.07) is 15.2. The summed E-state index contributed by atoms with van der Waals surface area (Å²) in [6.45, 7) is 1.99. The lowest BCUT2D eigenvalue weighted by molar-refractivity contribution is 0.627. The average Bonchev–Trinajstić information content (AvgIpc) is 2.82. The van der Waals surface area contributed by atoms with Crippen molar-refractivity contribution in [3.8, 4) is 16.9 Å². The molecule has 0 atom stereocenters. The van der Waals surface area contributed by atoms with Crippen molar-refractivity contribution in [2.75, 3.05) is 0 Å². The lowest BCUT2D eigenvalue weighted by Gasteiger charge is -2.04. The molecule has 0 aliphatic rings. The molecule has 3 rings (SSSR count). The van der Waals surface area contributed by atoms with Gasteiger partial charge in [-0.1, -0.05) is 24.3 Å². The standard InChI is InChI=1S/C16H13FN2O/c1-11-4-2-3-5-14(11)15-10-16(20)19(18-15)13-8-6-12(17)7-9-13/h2-10,18H,1H3. The first kappa shape index (κ1) is 12.4. The zero-order valence-corrected chi connectivity index (χ0v) is 10.9. The lowest BCUT2D eigenvalue weighted by atomic mass is 10.1. The first-order valence-electron chi connectivity index (χ1n) is 6.29. The summed E-state index contributed by atoms with van der Waals surface area (Å²) in [5, 5.41) is 3.06. The van der Waals surface area contributed by atoms with Crippen LogP contribution >= 0.6 is 0 Å². The molecular weight excluding hydrogens is 255 g/mol. The summed E-state index contributed by atoms with van der Waals surface area (Å²) >= 11 is 0. The third kappa shape index (κ3) is 2.16. The number of H-pyrrole nitrogens is 1. The minimum atomic E-state index is -0.326. The van der Waals surface area contributed by atoms with E-state index in [9.17, 15) is 9.18 Å². The van der Waals surface area contributed by atoms with E-state index in [2.05, 4.69) is 5.10 Å². The Morgan fingerprint density at radius 2 is 1.75 bits per heavy atom. The Morgan fingerprint density at radius 3 is 2.45 bits per heavy atom. The van der Waals surface area contributed by atoms with E-state index in [-0.39, 0.29) is 11.4 Å². The second kappa shape index (κ2) is 4.81. The zero-order valence-electron chi connectivity index (χ0n) is 10.9. The van der Waals surface area contributed by atoms with Crippen LogP contribution in [0.4, 0.5) is 4.39 Å². The number of aryl methyl sites for hydroxylation is 1. The maximum atomic E-state index is 12.9. The number of nitrogens with one attached hydrogen (secondary N) is 1. The van der Waals surface area contributed by atoms with Crippen LogP contribution in [0.3, 0.4) is 0 Å². The van der Waals surface area contributed by atoms with E-state index in [0.717, 1.165) is 16.8 Å². The summed E-state index contributed by atoms with van der Waals surface area (Å²) in [5.74, 6) is -0.326. The summed E-state index contributed by atoms with van der Waals surface area (Å²) < 4.78 is 14.3. The number of rotatable bonds is 2. The molecule has 3 nitrogen and oxygen atoms in total. The van der Waals surface area contributed by atoms with Crippen molar-refractivity contribution in [3.63, 3.8) is 0 Å². The normalized spacial score (nSPS) is 10.7. The van der Waals surface area contributed by atoms with E-state index in [1.54, 1.807) is 18.2 Å². The fourth-order valence-electron chi connectivity index (χ4n) is 2.19. The van der Waals surface area contributed by atoms with E-state index in [1.165, 1.54) is 16.8 Å². The Morgan fingerprint density at radius 1 is 1.05 bits per heavy atom. The smallest absolute Gasteiger partial charge is 0.271 e. The number of hydrogen-bond acceptors (Lipinski definition) is 1. The van der Waals surface area contributed by atoms with Crippen LogP contribution in [0.1, 0.15) is 5.56 Å². The molecule has 0 aliphatic carbocycles. The Hall–Kier alpha value is -2.62. The molecular formula is C16H13FN2O. The van der Waals surface area contributed by atoms with E-state index >= 15 is 0 Å². The van der Waals surface area contributed by atoms with Gasteiger partial charge >= 0.3 is 0 Å². The van der Waals surface area contributed by atoms with Crippen molar-refractivity contribution < 1.29 is 4.39 Å². The monoisotopic (exact) mass is 268 g/mol. The summed E-state index contributed by atoms with van der Waals surface area (Å²) in [6.07, 6.45) is 0. The van der Waals surface area contributed by atoms with Gasteiger partial charge in [-0.15, -0.1) is 0 Å². The number of benzene rings is 2. The van der Waals surface area contributed by atoms with Gasteiger partial charge < -0.3 is 0 Å². The molecule has 0 bridgehead atoms. The van der Waals surface area contributed by atoms with Crippen molar-refractivity contribution in [2.45, 2.75) is 6.92 Å². The maximum absolute atomic E-state index is 12.9. The van der Waals surface area contributed by atoms with Crippen molar-refractivity contribution in [3.05, 3.63) is 76.3 Å². The van der Waals surface area contributed by atoms with Crippen molar-refractivity contribution in [1.29, 1.82) is 0 Å². The molecule has 1 heterocycles. The molecule has 100 valence electrons. The Bertz CT molecular complexity index is 800. The predicted octanol–water partition coefficient (Wildman–Crippen LogP) is 3.28. The van der Waals surface area contributed by atoms with Gasteiger partial charge in [0, 0.05) is 11.6 Å². The van der Waals surface area contributed by atoms with Crippen LogP contribution in [0.15, 0.2) is 59.4 Å². The van der Waals surface area contributed by atoms with E-state index in [4.69, 9.17) is 0 Å². The molecule has 4 heteroatoms. The number of aromatic amines is 1. The molecule has 20 heavy (non-hydrogen) atoms. The van der Waals surface area contributed by atoms with Gasteiger partial charge in [-0.05, 0) is 36.8 Å². The molecule has 0 amide bonds. The molecule has 0 fully saturated rings. The number of halogens is 1. The van der Waals surface area contributed by atoms with Crippen molar-refractivity contribution in [2.24, 2.45) is 0 Å². The highest BCUT2D eigenvalue weighted by molar-refractivity contribution is 5.63. The number of hydrogen-bond donors (Lipinski definition) is 1. The highest BCUT2D eigenvalue weighted by Gasteiger charge is 2.08. The van der Waals surface area contributed by atoms with Crippen molar-refractivity contribution >= 4 is 0 Å². The summed E-state index contributed by atoms with van der Waals surface area (Å²) in [4.78, 5) is 12.0. The fraction of sp³-hybridized carbons (Fsp3) is 0.0625. The van der Waals surface area contributed by atoms with Gasteiger partial charge in [0.05, 0.1) is 11.4 Å². The van der Waals surface area contributed by atoms with Gasteiger partial charge in [0.1, 0.15) is 5.82 Å². The molecule has 0 spiro atoms. The van der Waals surface area contributed by atoms with E-state index in [0.29, 0.717) is 5.69 Å². The third-order valence-corrected chi connectivity index (χ3v) is 3.24. The second-order valence-electron chi connectivity index (χ2n) is 4.63. The molecule has 3 aromatic rings. The predicted molar refractivity (Wildman–Crippen MR) is 76.5 cm³/mol. The Labute approximate surface area is 115 Å². The van der Waals surface area contributed by atoms with E-state index < -0.39 is 0 Å².